The Morgan fingerprint density at radius 2 is 2.11 bits per heavy atom. The summed E-state index contributed by atoms with van der Waals surface area (Å²) in [5.41, 5.74) is 0.593. The van der Waals surface area contributed by atoms with Crippen LogP contribution in [0.15, 0.2) is 29.7 Å². The number of hydrogen-bond donors (Lipinski definition) is 3. The van der Waals surface area contributed by atoms with Crippen molar-refractivity contribution in [2.45, 2.75) is 32.7 Å². The highest BCUT2D eigenvalue weighted by Gasteiger charge is 2.38. The van der Waals surface area contributed by atoms with Gasteiger partial charge in [-0.05, 0) is 18.4 Å². The van der Waals surface area contributed by atoms with Crippen molar-refractivity contribution in [3.05, 3.63) is 35.2 Å². The third-order valence-corrected chi connectivity index (χ3v) is 4.88. The average Bonchev–Trinajstić information content (AvgIpc) is 3.39. The number of rotatable bonds is 8. The molecule has 2 heterocycles. The predicted molar refractivity (Wildman–Crippen MR) is 97.4 cm³/mol. The van der Waals surface area contributed by atoms with Crippen molar-refractivity contribution in [1.82, 2.24) is 15.2 Å². The minimum atomic E-state index is -1.24. The van der Waals surface area contributed by atoms with E-state index in [0.29, 0.717) is 12.5 Å². The first-order valence-corrected chi connectivity index (χ1v) is 9.06. The third-order valence-electron chi connectivity index (χ3n) is 4.88. The highest BCUT2D eigenvalue weighted by Crippen LogP contribution is 2.44. The molecule has 0 atom stereocenters. The van der Waals surface area contributed by atoms with E-state index >= 15 is 0 Å². The van der Waals surface area contributed by atoms with Gasteiger partial charge in [-0.15, -0.1) is 0 Å². The smallest absolute Gasteiger partial charge is 0.322 e. The Bertz CT molecular complexity index is 813. The van der Waals surface area contributed by atoms with Gasteiger partial charge in [0.1, 0.15) is 17.9 Å². The molecule has 0 radical (unpaired) electrons. The van der Waals surface area contributed by atoms with Gasteiger partial charge in [0.25, 0.3) is 11.8 Å². The Kier molecular flexibility index (Phi) is 5.53. The van der Waals surface area contributed by atoms with Gasteiger partial charge in [0.05, 0.1) is 6.61 Å². The average molecular weight is 389 g/mol. The topological polar surface area (TPSA) is 129 Å². The maximum Gasteiger partial charge on any atom is 0.322 e. The fraction of sp³-hybridized carbons (Fsp3) is 0.474. The van der Waals surface area contributed by atoms with E-state index < -0.39 is 29.9 Å². The number of pyridine rings is 1. The number of aliphatic hydroxyl groups excluding tert-OH is 1. The van der Waals surface area contributed by atoms with Crippen LogP contribution in [0.1, 0.15) is 31.7 Å². The molecule has 1 aliphatic carbocycles. The predicted octanol–water partition coefficient (Wildman–Crippen LogP) is 1.01. The monoisotopic (exact) mass is 389 g/mol. The van der Waals surface area contributed by atoms with Crippen LogP contribution in [-0.4, -0.2) is 57.6 Å². The molecule has 0 saturated heterocycles. The first kappa shape index (κ1) is 19.7. The van der Waals surface area contributed by atoms with Gasteiger partial charge in [-0.3, -0.25) is 14.4 Å². The second-order valence-corrected chi connectivity index (χ2v) is 7.48. The molecule has 3 rings (SSSR count). The number of hydrogen-bond acceptors (Lipinski definition) is 6. The van der Waals surface area contributed by atoms with Crippen LogP contribution in [0.3, 0.4) is 0 Å². The number of nitrogens with zero attached hydrogens (tertiary/aromatic N) is 2. The van der Waals surface area contributed by atoms with Gasteiger partial charge in [0.2, 0.25) is 5.88 Å². The minimum Gasteiger partial charge on any atom is -0.511 e. The second kappa shape index (κ2) is 7.87. The van der Waals surface area contributed by atoms with Crippen molar-refractivity contribution in [1.29, 1.82) is 0 Å². The molecular weight excluding hydrogens is 366 g/mol. The summed E-state index contributed by atoms with van der Waals surface area (Å²) in [5.74, 6) is -2.59. The van der Waals surface area contributed by atoms with E-state index in [0.717, 1.165) is 18.4 Å². The zero-order valence-electron chi connectivity index (χ0n) is 15.6. The summed E-state index contributed by atoms with van der Waals surface area (Å²) in [4.78, 5) is 40.9. The van der Waals surface area contributed by atoms with E-state index in [1.807, 2.05) is 0 Å². The molecule has 0 aromatic carbocycles. The quantitative estimate of drug-likeness (QED) is 0.566. The number of carboxylic acids is 1. The van der Waals surface area contributed by atoms with Crippen molar-refractivity contribution in [2.24, 2.45) is 5.41 Å². The molecule has 28 heavy (non-hydrogen) atoms. The normalized spacial score (nSPS) is 18.0. The van der Waals surface area contributed by atoms with Crippen LogP contribution in [0.4, 0.5) is 0 Å². The van der Waals surface area contributed by atoms with Gasteiger partial charge in [-0.2, -0.15) is 0 Å². The third kappa shape index (κ3) is 4.79. The zero-order valence-corrected chi connectivity index (χ0v) is 15.6. The molecule has 3 N–H and O–H groups in total. The Labute approximate surface area is 162 Å². The summed E-state index contributed by atoms with van der Waals surface area (Å²) in [6.07, 6.45) is 4.05. The molecule has 9 heteroatoms. The molecule has 1 aliphatic heterocycles. The summed E-state index contributed by atoms with van der Waals surface area (Å²) >= 11 is 0. The highest BCUT2D eigenvalue weighted by atomic mass is 16.5. The van der Waals surface area contributed by atoms with E-state index in [2.05, 4.69) is 17.2 Å². The van der Waals surface area contributed by atoms with Crippen LogP contribution < -0.4 is 10.1 Å². The lowest BCUT2D eigenvalue weighted by Crippen LogP contribution is -2.43. The van der Waals surface area contributed by atoms with Crippen LogP contribution in [0.25, 0.3) is 0 Å². The van der Waals surface area contributed by atoms with Gasteiger partial charge < -0.3 is 25.2 Å². The maximum absolute atomic E-state index is 12.6. The number of aliphatic carboxylic acids is 1. The molecule has 2 amide bonds. The van der Waals surface area contributed by atoms with Gasteiger partial charge in [0.15, 0.2) is 0 Å². The molecule has 0 bridgehead atoms. The van der Waals surface area contributed by atoms with E-state index in [-0.39, 0.29) is 30.7 Å². The number of carboxylic acid groups (broad SMARTS) is 1. The zero-order chi connectivity index (χ0) is 20.3. The van der Waals surface area contributed by atoms with E-state index in [1.54, 1.807) is 18.3 Å². The lowest BCUT2D eigenvalue weighted by molar-refractivity contribution is -0.138. The van der Waals surface area contributed by atoms with Crippen LogP contribution in [-0.2, 0) is 20.9 Å². The number of ether oxygens (including phenoxy) is 1. The number of aromatic nitrogens is 1. The van der Waals surface area contributed by atoms with E-state index in [4.69, 9.17) is 9.84 Å². The molecular formula is C19H23N3O6. The first-order valence-electron chi connectivity index (χ1n) is 9.06. The molecule has 150 valence electrons. The summed E-state index contributed by atoms with van der Waals surface area (Å²) in [6, 6.07) is 3.54. The molecule has 1 fully saturated rings. The van der Waals surface area contributed by atoms with E-state index in [1.165, 1.54) is 4.90 Å². The van der Waals surface area contributed by atoms with Crippen LogP contribution in [0.5, 0.6) is 5.88 Å². The fourth-order valence-electron chi connectivity index (χ4n) is 2.79. The highest BCUT2D eigenvalue weighted by molar-refractivity contribution is 6.19. The van der Waals surface area contributed by atoms with Crippen LogP contribution in [0.2, 0.25) is 0 Å². The number of nitrogens with one attached hydrogen (secondary N) is 1. The Morgan fingerprint density at radius 1 is 1.36 bits per heavy atom. The SMILES string of the molecule is CC1(COc2ccc(CN3CCC(O)=C(C(=O)NCC(=O)O)C3=O)cn2)CC1. The molecule has 1 aromatic heterocycles. The molecule has 1 aromatic rings. The van der Waals surface area contributed by atoms with Crippen molar-refractivity contribution >= 4 is 17.8 Å². The minimum absolute atomic E-state index is 0.120. The Hall–Kier alpha value is -3.10. The van der Waals surface area contributed by atoms with Crippen molar-refractivity contribution in [3.63, 3.8) is 0 Å². The van der Waals surface area contributed by atoms with Crippen LogP contribution >= 0.6 is 0 Å². The number of carbonyl (C=O) groups is 3. The largest absolute Gasteiger partial charge is 0.511 e. The number of aliphatic hydroxyl groups is 1. The summed E-state index contributed by atoms with van der Waals surface area (Å²) < 4.78 is 5.67. The van der Waals surface area contributed by atoms with Gasteiger partial charge in [-0.25, -0.2) is 4.98 Å². The van der Waals surface area contributed by atoms with Gasteiger partial charge in [-0.1, -0.05) is 13.0 Å². The number of carbonyl (C=O) groups excluding carboxylic acids is 2. The van der Waals surface area contributed by atoms with Crippen molar-refractivity contribution < 1.29 is 29.3 Å². The molecule has 0 spiro atoms. The Morgan fingerprint density at radius 3 is 2.71 bits per heavy atom. The molecule has 1 saturated carbocycles. The van der Waals surface area contributed by atoms with Crippen molar-refractivity contribution in [3.8, 4) is 5.88 Å². The first-order chi connectivity index (χ1) is 13.3. The second-order valence-electron chi connectivity index (χ2n) is 7.48. The van der Waals surface area contributed by atoms with E-state index in [9.17, 15) is 19.5 Å². The molecule has 2 aliphatic rings. The lowest BCUT2D eigenvalue weighted by atomic mass is 10.1. The summed E-state index contributed by atoms with van der Waals surface area (Å²) in [7, 11) is 0. The standard InChI is InChI=1S/C19H23N3O6/c1-19(5-6-19)11-28-14-3-2-12(8-20-14)10-22-7-4-13(23)16(18(22)27)17(26)21-9-15(24)25/h2-3,8,23H,4-7,9-11H2,1H3,(H,21,26)(H,24,25). The fourth-order valence-corrected chi connectivity index (χ4v) is 2.79. The summed E-state index contributed by atoms with van der Waals surface area (Å²) in [5, 5.41) is 20.7. The van der Waals surface area contributed by atoms with Crippen molar-refractivity contribution in [2.75, 3.05) is 19.7 Å². The lowest BCUT2D eigenvalue weighted by Gasteiger charge is -2.28. The maximum atomic E-state index is 12.6. The molecule has 9 nitrogen and oxygen atoms in total. The molecule has 0 unspecified atom stereocenters. The van der Waals surface area contributed by atoms with Crippen LogP contribution in [0, 0.1) is 5.41 Å². The number of amides is 2. The summed E-state index contributed by atoms with van der Waals surface area (Å²) in [6.45, 7) is 2.62. The van der Waals surface area contributed by atoms with Gasteiger partial charge >= 0.3 is 5.97 Å². The van der Waals surface area contributed by atoms with Gasteiger partial charge in [0, 0.05) is 37.2 Å². The Balaban J connectivity index is 1.60.